The highest BCUT2D eigenvalue weighted by Gasteiger charge is 2.55. The third kappa shape index (κ3) is 1.70. The van der Waals surface area contributed by atoms with Crippen molar-refractivity contribution in [1.82, 2.24) is 5.32 Å². The minimum Gasteiger partial charge on any atom is -0.386 e. The molecule has 1 aromatic carbocycles. The summed E-state index contributed by atoms with van der Waals surface area (Å²) < 4.78 is 0. The van der Waals surface area contributed by atoms with Crippen molar-refractivity contribution in [2.75, 3.05) is 0 Å². The number of benzene rings is 1. The van der Waals surface area contributed by atoms with Crippen LogP contribution in [0.15, 0.2) is 24.3 Å². The van der Waals surface area contributed by atoms with E-state index in [0.29, 0.717) is 5.02 Å². The van der Waals surface area contributed by atoms with Gasteiger partial charge in [0.05, 0.1) is 6.10 Å². The summed E-state index contributed by atoms with van der Waals surface area (Å²) in [5.74, 6) is 0. The third-order valence-electron chi connectivity index (χ3n) is 4.52. The molecular formula is C14H18ClNO. The summed E-state index contributed by atoms with van der Waals surface area (Å²) in [6.45, 7) is 2.25. The van der Waals surface area contributed by atoms with E-state index in [9.17, 15) is 5.11 Å². The molecule has 2 bridgehead atoms. The lowest BCUT2D eigenvalue weighted by atomic mass is 9.78. The molecule has 0 spiro atoms. The van der Waals surface area contributed by atoms with E-state index in [0.717, 1.165) is 31.2 Å². The molecule has 3 heteroatoms. The van der Waals surface area contributed by atoms with Gasteiger partial charge in [0.25, 0.3) is 0 Å². The molecule has 0 unspecified atom stereocenters. The minimum absolute atomic E-state index is 0.153. The van der Waals surface area contributed by atoms with Crippen LogP contribution < -0.4 is 5.32 Å². The van der Waals surface area contributed by atoms with Gasteiger partial charge < -0.3 is 10.4 Å². The number of halogens is 1. The van der Waals surface area contributed by atoms with Crippen LogP contribution in [0.3, 0.4) is 0 Å². The quantitative estimate of drug-likeness (QED) is 0.847. The predicted octanol–water partition coefficient (Wildman–Crippen LogP) is 3.05. The van der Waals surface area contributed by atoms with Crippen LogP contribution in [-0.4, -0.2) is 16.2 Å². The van der Waals surface area contributed by atoms with Crippen molar-refractivity contribution in [3.63, 3.8) is 0 Å². The molecule has 2 heterocycles. The fraction of sp³-hybridized carbons (Fsp3) is 0.571. The van der Waals surface area contributed by atoms with Crippen LogP contribution in [0.25, 0.3) is 0 Å². The Hall–Kier alpha value is -0.570. The number of hydrogen-bond donors (Lipinski definition) is 2. The van der Waals surface area contributed by atoms with Crippen LogP contribution in [-0.2, 0) is 0 Å². The van der Waals surface area contributed by atoms with E-state index < -0.39 is 6.10 Å². The lowest BCUT2D eigenvalue weighted by molar-refractivity contribution is 0.0738. The SMILES string of the molecule is CC12CCC([C@@H](O)c3ccccc3Cl)(CC1)N2. The molecule has 17 heavy (non-hydrogen) atoms. The average Bonchev–Trinajstić information content (AvgIpc) is 2.83. The van der Waals surface area contributed by atoms with Crippen LogP contribution in [0.2, 0.25) is 5.02 Å². The molecule has 1 atom stereocenters. The van der Waals surface area contributed by atoms with Gasteiger partial charge in [0.2, 0.25) is 0 Å². The van der Waals surface area contributed by atoms with Gasteiger partial charge in [-0.25, -0.2) is 0 Å². The van der Waals surface area contributed by atoms with Crippen LogP contribution in [0.5, 0.6) is 0 Å². The van der Waals surface area contributed by atoms with Crippen molar-refractivity contribution in [3.8, 4) is 0 Å². The molecule has 0 saturated carbocycles. The van der Waals surface area contributed by atoms with Gasteiger partial charge in [-0.1, -0.05) is 29.8 Å². The molecule has 2 N–H and O–H groups in total. The Morgan fingerprint density at radius 1 is 1.24 bits per heavy atom. The second-order valence-corrected chi connectivity index (χ2v) is 6.17. The predicted molar refractivity (Wildman–Crippen MR) is 69.2 cm³/mol. The second kappa shape index (κ2) is 3.71. The van der Waals surface area contributed by atoms with Crippen molar-refractivity contribution in [1.29, 1.82) is 0 Å². The van der Waals surface area contributed by atoms with E-state index in [-0.39, 0.29) is 11.1 Å². The monoisotopic (exact) mass is 251 g/mol. The summed E-state index contributed by atoms with van der Waals surface area (Å²) >= 11 is 6.18. The third-order valence-corrected chi connectivity index (χ3v) is 4.86. The van der Waals surface area contributed by atoms with Crippen molar-refractivity contribution < 1.29 is 5.11 Å². The van der Waals surface area contributed by atoms with Gasteiger partial charge in [-0.2, -0.15) is 0 Å². The number of rotatable bonds is 2. The van der Waals surface area contributed by atoms with Gasteiger partial charge in [-0.3, -0.25) is 0 Å². The van der Waals surface area contributed by atoms with Crippen molar-refractivity contribution >= 4 is 11.6 Å². The first kappa shape index (κ1) is 11.5. The summed E-state index contributed by atoms with van der Waals surface area (Å²) in [6.07, 6.45) is 3.87. The topological polar surface area (TPSA) is 32.3 Å². The van der Waals surface area contributed by atoms with Crippen molar-refractivity contribution in [2.24, 2.45) is 0 Å². The van der Waals surface area contributed by atoms with E-state index in [1.807, 2.05) is 24.3 Å². The van der Waals surface area contributed by atoms with Gasteiger partial charge in [-0.15, -0.1) is 0 Å². The summed E-state index contributed by atoms with van der Waals surface area (Å²) in [4.78, 5) is 0. The lowest BCUT2D eigenvalue weighted by Gasteiger charge is -2.32. The Bertz CT molecular complexity index is 438. The Labute approximate surface area is 107 Å². The average molecular weight is 252 g/mol. The largest absolute Gasteiger partial charge is 0.386 e. The van der Waals surface area contributed by atoms with E-state index in [2.05, 4.69) is 12.2 Å². The first-order chi connectivity index (χ1) is 8.05. The number of aliphatic hydroxyl groups is 1. The summed E-state index contributed by atoms with van der Waals surface area (Å²) in [5, 5.41) is 14.9. The number of aliphatic hydroxyl groups excluding tert-OH is 1. The molecule has 2 fully saturated rings. The maximum atomic E-state index is 10.6. The molecule has 2 nitrogen and oxygen atoms in total. The molecule has 3 rings (SSSR count). The first-order valence-electron chi connectivity index (χ1n) is 6.27. The zero-order valence-corrected chi connectivity index (χ0v) is 10.8. The van der Waals surface area contributed by atoms with E-state index in [1.165, 1.54) is 0 Å². The number of nitrogens with one attached hydrogen (secondary N) is 1. The molecule has 2 aliphatic heterocycles. The Balaban J connectivity index is 1.93. The maximum absolute atomic E-state index is 10.6. The van der Waals surface area contributed by atoms with E-state index in [1.54, 1.807) is 0 Å². The molecule has 92 valence electrons. The number of fused-ring (bicyclic) bond motifs is 2. The fourth-order valence-electron chi connectivity index (χ4n) is 3.44. The highest BCUT2D eigenvalue weighted by atomic mass is 35.5. The molecule has 0 aliphatic carbocycles. The van der Waals surface area contributed by atoms with Gasteiger partial charge in [0.15, 0.2) is 0 Å². The maximum Gasteiger partial charge on any atom is 0.0986 e. The van der Waals surface area contributed by atoms with Crippen LogP contribution in [0.4, 0.5) is 0 Å². The second-order valence-electron chi connectivity index (χ2n) is 5.77. The summed E-state index contributed by atoms with van der Waals surface area (Å²) in [5.41, 5.74) is 0.926. The van der Waals surface area contributed by atoms with Gasteiger partial charge in [0.1, 0.15) is 0 Å². The van der Waals surface area contributed by atoms with Gasteiger partial charge in [0, 0.05) is 21.7 Å². The smallest absolute Gasteiger partial charge is 0.0986 e. The van der Waals surface area contributed by atoms with Gasteiger partial charge >= 0.3 is 0 Å². The van der Waals surface area contributed by atoms with Crippen molar-refractivity contribution in [2.45, 2.75) is 49.8 Å². The lowest BCUT2D eigenvalue weighted by Crippen LogP contribution is -2.45. The standard InChI is InChI=1S/C14H18ClNO/c1-13-6-8-14(16-13,9-7-13)12(17)10-4-2-3-5-11(10)15/h2-5,12,16-17H,6-9H2,1H3/t12-,13?,14?/m0/s1. The molecular weight excluding hydrogens is 234 g/mol. The molecule has 0 amide bonds. The van der Waals surface area contributed by atoms with Gasteiger partial charge in [-0.05, 0) is 38.7 Å². The Kier molecular flexibility index (Phi) is 2.51. The van der Waals surface area contributed by atoms with Crippen molar-refractivity contribution in [3.05, 3.63) is 34.9 Å². The van der Waals surface area contributed by atoms with Crippen LogP contribution in [0, 0.1) is 0 Å². The highest BCUT2D eigenvalue weighted by Crippen LogP contribution is 2.50. The summed E-state index contributed by atoms with van der Waals surface area (Å²) in [6, 6.07) is 7.61. The molecule has 0 aromatic heterocycles. The normalized spacial score (nSPS) is 37.4. The number of hydrogen-bond acceptors (Lipinski definition) is 2. The summed E-state index contributed by atoms with van der Waals surface area (Å²) in [7, 11) is 0. The molecule has 0 radical (unpaired) electrons. The Morgan fingerprint density at radius 2 is 1.88 bits per heavy atom. The zero-order chi connectivity index (χ0) is 12.1. The van der Waals surface area contributed by atoms with Crippen LogP contribution in [0.1, 0.15) is 44.3 Å². The molecule has 2 aliphatic rings. The molecule has 1 aromatic rings. The van der Waals surface area contributed by atoms with E-state index >= 15 is 0 Å². The van der Waals surface area contributed by atoms with E-state index in [4.69, 9.17) is 11.6 Å². The fourth-order valence-corrected chi connectivity index (χ4v) is 3.67. The first-order valence-corrected chi connectivity index (χ1v) is 6.64. The zero-order valence-electron chi connectivity index (χ0n) is 10.0. The highest BCUT2D eigenvalue weighted by molar-refractivity contribution is 6.31. The molecule has 2 saturated heterocycles. The van der Waals surface area contributed by atoms with Crippen LogP contribution >= 0.6 is 11.6 Å². The Morgan fingerprint density at radius 3 is 2.41 bits per heavy atom. The minimum atomic E-state index is -0.500.